The lowest BCUT2D eigenvalue weighted by Crippen LogP contribution is -2.24. The van der Waals surface area contributed by atoms with Gasteiger partial charge >= 0.3 is 5.97 Å². The minimum absolute atomic E-state index is 0.0373. The molecule has 3 aromatic rings. The Bertz CT molecular complexity index is 1300. The molecule has 8 nitrogen and oxygen atoms in total. The van der Waals surface area contributed by atoms with E-state index in [-0.39, 0.29) is 18.4 Å². The SMILES string of the molecule is CC#C[C@@H](CC(=O)O)c1ccc(OCc2cccc(CN3Cc4c(cnn4C(C)C)C3OC=O)c2)cc1. The van der Waals surface area contributed by atoms with Crippen LogP contribution in [0.1, 0.15) is 73.3 Å². The fourth-order valence-corrected chi connectivity index (χ4v) is 4.66. The Labute approximate surface area is 216 Å². The third kappa shape index (κ3) is 6.19. The first-order valence-corrected chi connectivity index (χ1v) is 12.2. The van der Waals surface area contributed by atoms with E-state index in [1.165, 1.54) is 0 Å². The van der Waals surface area contributed by atoms with Crippen LogP contribution in [0.25, 0.3) is 0 Å². The predicted molar refractivity (Wildman–Crippen MR) is 137 cm³/mol. The van der Waals surface area contributed by atoms with E-state index in [1.807, 2.05) is 47.1 Å². The van der Waals surface area contributed by atoms with E-state index < -0.39 is 12.2 Å². The summed E-state index contributed by atoms with van der Waals surface area (Å²) in [5, 5.41) is 13.6. The molecule has 2 atom stereocenters. The fraction of sp³-hybridized carbons (Fsp3) is 0.345. The number of fused-ring (bicyclic) bond motifs is 1. The van der Waals surface area contributed by atoms with E-state index in [1.54, 1.807) is 13.1 Å². The van der Waals surface area contributed by atoms with E-state index >= 15 is 0 Å². The van der Waals surface area contributed by atoms with Gasteiger partial charge in [0, 0.05) is 19.1 Å². The Morgan fingerprint density at radius 2 is 1.97 bits per heavy atom. The van der Waals surface area contributed by atoms with Gasteiger partial charge in [-0.25, -0.2) is 0 Å². The van der Waals surface area contributed by atoms with E-state index in [9.17, 15) is 9.59 Å². The summed E-state index contributed by atoms with van der Waals surface area (Å²) in [5.74, 6) is 5.24. The van der Waals surface area contributed by atoms with Crippen LogP contribution in [0.3, 0.4) is 0 Å². The molecule has 1 unspecified atom stereocenters. The number of aliphatic carboxylic acids is 1. The van der Waals surface area contributed by atoms with Crippen LogP contribution in [-0.2, 0) is 34.0 Å². The van der Waals surface area contributed by atoms with Gasteiger partial charge in [0.2, 0.25) is 0 Å². The van der Waals surface area contributed by atoms with Crippen molar-refractivity contribution in [2.45, 2.75) is 65.1 Å². The van der Waals surface area contributed by atoms with Gasteiger partial charge in [0.1, 0.15) is 12.4 Å². The molecular formula is C29H31N3O5. The van der Waals surface area contributed by atoms with Crippen molar-refractivity contribution in [3.05, 3.63) is 82.7 Å². The predicted octanol–water partition coefficient (Wildman–Crippen LogP) is 4.81. The van der Waals surface area contributed by atoms with Gasteiger partial charge in [-0.05, 0) is 49.6 Å². The maximum absolute atomic E-state index is 11.2. The van der Waals surface area contributed by atoms with E-state index in [2.05, 4.69) is 41.8 Å². The number of hydrogen-bond donors (Lipinski definition) is 1. The van der Waals surface area contributed by atoms with Gasteiger partial charge in [0.15, 0.2) is 6.23 Å². The van der Waals surface area contributed by atoms with Crippen molar-refractivity contribution in [3.63, 3.8) is 0 Å². The second kappa shape index (κ2) is 11.8. The monoisotopic (exact) mass is 501 g/mol. The average Bonchev–Trinajstić information content (AvgIpc) is 3.43. The molecule has 1 aliphatic heterocycles. The van der Waals surface area contributed by atoms with Crippen molar-refractivity contribution in [2.24, 2.45) is 0 Å². The average molecular weight is 502 g/mol. The first-order valence-electron chi connectivity index (χ1n) is 12.2. The molecule has 0 amide bonds. The number of benzene rings is 2. The topological polar surface area (TPSA) is 93.9 Å². The summed E-state index contributed by atoms with van der Waals surface area (Å²) in [7, 11) is 0. The first kappa shape index (κ1) is 26.0. The molecule has 1 aromatic heterocycles. The van der Waals surface area contributed by atoms with E-state index in [0.29, 0.717) is 31.9 Å². The lowest BCUT2D eigenvalue weighted by Gasteiger charge is -2.23. The maximum atomic E-state index is 11.2. The first-order chi connectivity index (χ1) is 17.9. The molecule has 192 valence electrons. The smallest absolute Gasteiger partial charge is 0.304 e. The molecule has 1 N–H and O–H groups in total. The summed E-state index contributed by atoms with van der Waals surface area (Å²) in [5.41, 5.74) is 4.95. The number of nitrogens with zero attached hydrogens (tertiary/aromatic N) is 3. The number of carboxylic acids is 1. The summed E-state index contributed by atoms with van der Waals surface area (Å²) in [6, 6.07) is 15.8. The molecule has 8 heteroatoms. The van der Waals surface area contributed by atoms with Crippen molar-refractivity contribution in [1.29, 1.82) is 0 Å². The Morgan fingerprint density at radius 1 is 1.22 bits per heavy atom. The largest absolute Gasteiger partial charge is 0.489 e. The van der Waals surface area contributed by atoms with Crippen molar-refractivity contribution < 1.29 is 24.2 Å². The zero-order valence-corrected chi connectivity index (χ0v) is 21.3. The Hall–Kier alpha value is -4.09. The minimum atomic E-state index is -0.878. The number of hydrogen-bond acceptors (Lipinski definition) is 6. The molecule has 4 rings (SSSR count). The Balaban J connectivity index is 1.40. The molecule has 0 spiro atoms. The highest BCUT2D eigenvalue weighted by Crippen LogP contribution is 2.36. The molecule has 0 aliphatic carbocycles. The third-order valence-corrected chi connectivity index (χ3v) is 6.32. The lowest BCUT2D eigenvalue weighted by atomic mass is 9.96. The number of carbonyl (C=O) groups is 2. The Morgan fingerprint density at radius 3 is 2.65 bits per heavy atom. The molecule has 0 saturated heterocycles. The molecule has 1 aliphatic rings. The summed E-state index contributed by atoms with van der Waals surface area (Å²) in [6.45, 7) is 8.00. The van der Waals surface area contributed by atoms with Crippen LogP contribution in [0, 0.1) is 11.8 Å². The van der Waals surface area contributed by atoms with Crippen LogP contribution in [0.5, 0.6) is 5.75 Å². The standard InChI is InChI=1S/C29H31N3O5/c1-4-6-24(14-28(34)35)23-9-11-25(12-10-23)36-18-22-8-5-7-21(13-22)16-31-17-27-26(29(31)37-19-33)15-30-32(27)20(2)3/h5,7-13,15,19-20,24,29H,14,16-18H2,1-3H3,(H,34,35)/t24-,29?/m0/s1. The maximum Gasteiger partial charge on any atom is 0.304 e. The molecule has 2 heterocycles. The number of rotatable bonds is 11. The van der Waals surface area contributed by atoms with Crippen LogP contribution >= 0.6 is 0 Å². The van der Waals surface area contributed by atoms with Crippen LogP contribution in [-0.4, -0.2) is 32.2 Å². The second-order valence-corrected chi connectivity index (χ2v) is 9.30. The third-order valence-electron chi connectivity index (χ3n) is 6.32. The molecular weight excluding hydrogens is 470 g/mol. The fourth-order valence-electron chi connectivity index (χ4n) is 4.66. The van der Waals surface area contributed by atoms with Crippen molar-refractivity contribution in [3.8, 4) is 17.6 Å². The zero-order chi connectivity index (χ0) is 26.4. The van der Waals surface area contributed by atoms with Gasteiger partial charge in [-0.15, -0.1) is 5.92 Å². The van der Waals surface area contributed by atoms with Crippen molar-refractivity contribution in [1.82, 2.24) is 14.7 Å². The van der Waals surface area contributed by atoms with Gasteiger partial charge in [-0.2, -0.15) is 5.10 Å². The van der Waals surface area contributed by atoms with E-state index in [0.717, 1.165) is 27.9 Å². The van der Waals surface area contributed by atoms with Crippen LogP contribution in [0.15, 0.2) is 54.7 Å². The number of aromatic nitrogens is 2. The van der Waals surface area contributed by atoms with Crippen LogP contribution in [0.4, 0.5) is 0 Å². The lowest BCUT2D eigenvalue weighted by molar-refractivity contribution is -0.144. The second-order valence-electron chi connectivity index (χ2n) is 9.30. The van der Waals surface area contributed by atoms with Gasteiger partial charge < -0.3 is 14.6 Å². The van der Waals surface area contributed by atoms with Crippen LogP contribution in [0.2, 0.25) is 0 Å². The molecule has 2 aromatic carbocycles. The number of ether oxygens (including phenoxy) is 2. The van der Waals surface area contributed by atoms with Crippen molar-refractivity contribution in [2.75, 3.05) is 0 Å². The van der Waals surface area contributed by atoms with Crippen LogP contribution < -0.4 is 4.74 Å². The van der Waals surface area contributed by atoms with Gasteiger partial charge in [-0.3, -0.25) is 19.2 Å². The normalized spacial score (nSPS) is 15.5. The minimum Gasteiger partial charge on any atom is -0.489 e. The molecule has 0 saturated carbocycles. The van der Waals surface area contributed by atoms with Gasteiger partial charge in [0.05, 0.1) is 29.8 Å². The molecule has 37 heavy (non-hydrogen) atoms. The van der Waals surface area contributed by atoms with Gasteiger partial charge in [-0.1, -0.05) is 42.3 Å². The highest BCUT2D eigenvalue weighted by Gasteiger charge is 2.35. The quantitative estimate of drug-likeness (QED) is 0.298. The highest BCUT2D eigenvalue weighted by atomic mass is 16.5. The molecule has 0 bridgehead atoms. The summed E-state index contributed by atoms with van der Waals surface area (Å²) in [4.78, 5) is 24.4. The van der Waals surface area contributed by atoms with E-state index in [4.69, 9.17) is 14.6 Å². The van der Waals surface area contributed by atoms with Crippen molar-refractivity contribution >= 4 is 12.4 Å². The number of carbonyl (C=O) groups excluding carboxylic acids is 1. The number of carboxylic acid groups (broad SMARTS) is 1. The summed E-state index contributed by atoms with van der Waals surface area (Å²) in [6.07, 6.45) is 1.29. The Kier molecular flexibility index (Phi) is 8.26. The molecule has 0 radical (unpaired) electrons. The summed E-state index contributed by atoms with van der Waals surface area (Å²) >= 11 is 0. The summed E-state index contributed by atoms with van der Waals surface area (Å²) < 4.78 is 13.4. The zero-order valence-electron chi connectivity index (χ0n) is 21.3. The van der Waals surface area contributed by atoms with Gasteiger partial charge in [0.25, 0.3) is 6.47 Å². The highest BCUT2D eigenvalue weighted by molar-refractivity contribution is 5.69. The molecule has 0 fully saturated rings.